The lowest BCUT2D eigenvalue weighted by Gasteiger charge is -2.16. The molecular formula is C13H14ClFN2O3S2. The van der Waals surface area contributed by atoms with Gasteiger partial charge >= 0.3 is 10.1 Å². The first-order valence-corrected chi connectivity index (χ1v) is 9.88. The zero-order valence-electron chi connectivity index (χ0n) is 11.8. The standard InChI is InChI=1S/C13H14ClFN2O3S2/c1-22(18,19)20-12-6-11(10(15)5-9(12)14)16-13-17-4-2-3-8(17)7-21-13/h5-6,8H,2-4,7H2,1H3. The van der Waals surface area contributed by atoms with Crippen molar-refractivity contribution in [1.82, 2.24) is 4.90 Å². The Hall–Kier alpha value is -0.990. The molecule has 0 radical (unpaired) electrons. The van der Waals surface area contributed by atoms with Gasteiger partial charge in [-0.1, -0.05) is 23.4 Å². The number of benzene rings is 1. The Morgan fingerprint density at radius 1 is 1.50 bits per heavy atom. The van der Waals surface area contributed by atoms with Gasteiger partial charge in [0, 0.05) is 24.4 Å². The second-order valence-electron chi connectivity index (χ2n) is 5.22. The monoisotopic (exact) mass is 364 g/mol. The predicted octanol–water partition coefficient (Wildman–Crippen LogP) is 3.02. The summed E-state index contributed by atoms with van der Waals surface area (Å²) in [4.78, 5) is 6.49. The number of thioether (sulfide) groups is 1. The van der Waals surface area contributed by atoms with Crippen LogP contribution in [-0.2, 0) is 10.1 Å². The van der Waals surface area contributed by atoms with Crippen LogP contribution in [0.5, 0.6) is 5.75 Å². The van der Waals surface area contributed by atoms with Crippen molar-refractivity contribution in [3.05, 3.63) is 23.0 Å². The minimum atomic E-state index is -3.74. The smallest absolute Gasteiger partial charge is 0.306 e. The molecule has 2 heterocycles. The van der Waals surface area contributed by atoms with E-state index in [1.807, 2.05) is 0 Å². The van der Waals surface area contributed by atoms with E-state index >= 15 is 0 Å². The molecule has 0 amide bonds. The number of nitrogens with zero attached hydrogens (tertiary/aromatic N) is 2. The minimum Gasteiger partial charge on any atom is -0.381 e. The predicted molar refractivity (Wildman–Crippen MR) is 86.2 cm³/mol. The van der Waals surface area contributed by atoms with Crippen LogP contribution in [0.25, 0.3) is 0 Å². The molecule has 22 heavy (non-hydrogen) atoms. The molecule has 2 fully saturated rings. The third kappa shape index (κ3) is 3.33. The molecule has 9 heteroatoms. The summed E-state index contributed by atoms with van der Waals surface area (Å²) in [7, 11) is -3.74. The summed E-state index contributed by atoms with van der Waals surface area (Å²) in [6, 6.07) is 2.70. The van der Waals surface area contributed by atoms with Gasteiger partial charge in [0.2, 0.25) is 0 Å². The van der Waals surface area contributed by atoms with E-state index < -0.39 is 15.9 Å². The third-order valence-corrected chi connectivity index (χ3v) is 5.40. The van der Waals surface area contributed by atoms with Crippen molar-refractivity contribution in [2.75, 3.05) is 18.6 Å². The van der Waals surface area contributed by atoms with Gasteiger partial charge in [-0.05, 0) is 18.9 Å². The molecule has 0 aliphatic carbocycles. The number of halogens is 2. The Morgan fingerprint density at radius 3 is 3.00 bits per heavy atom. The Kier molecular flexibility index (Phi) is 4.26. The van der Waals surface area contributed by atoms with Crippen molar-refractivity contribution in [2.24, 2.45) is 4.99 Å². The van der Waals surface area contributed by atoms with Crippen LogP contribution in [0.15, 0.2) is 17.1 Å². The molecular weight excluding hydrogens is 351 g/mol. The molecule has 0 N–H and O–H groups in total. The molecule has 1 unspecified atom stereocenters. The van der Waals surface area contributed by atoms with Crippen LogP contribution in [0.4, 0.5) is 10.1 Å². The van der Waals surface area contributed by atoms with Crippen molar-refractivity contribution in [2.45, 2.75) is 18.9 Å². The first kappa shape index (κ1) is 15.9. The molecule has 3 rings (SSSR count). The van der Waals surface area contributed by atoms with Gasteiger partial charge in [-0.2, -0.15) is 8.42 Å². The maximum absolute atomic E-state index is 14.0. The van der Waals surface area contributed by atoms with E-state index in [0.717, 1.165) is 42.6 Å². The van der Waals surface area contributed by atoms with E-state index in [1.54, 1.807) is 11.8 Å². The molecule has 0 saturated carbocycles. The zero-order valence-corrected chi connectivity index (χ0v) is 14.1. The van der Waals surface area contributed by atoms with Crippen molar-refractivity contribution in [3.63, 3.8) is 0 Å². The highest BCUT2D eigenvalue weighted by Gasteiger charge is 2.34. The Morgan fingerprint density at radius 2 is 2.27 bits per heavy atom. The molecule has 0 bridgehead atoms. The van der Waals surface area contributed by atoms with Crippen LogP contribution in [0.1, 0.15) is 12.8 Å². The summed E-state index contributed by atoms with van der Waals surface area (Å²) in [6.07, 6.45) is 3.13. The van der Waals surface area contributed by atoms with Crippen LogP contribution in [0.2, 0.25) is 5.02 Å². The lowest BCUT2D eigenvalue weighted by molar-refractivity contribution is 0.439. The highest BCUT2D eigenvalue weighted by atomic mass is 35.5. The average Bonchev–Trinajstić information content (AvgIpc) is 2.98. The Balaban J connectivity index is 1.95. The van der Waals surface area contributed by atoms with Crippen LogP contribution in [-0.4, -0.2) is 43.1 Å². The summed E-state index contributed by atoms with van der Waals surface area (Å²) in [5, 5.41) is 0.652. The van der Waals surface area contributed by atoms with Crippen LogP contribution < -0.4 is 4.18 Å². The SMILES string of the molecule is CS(=O)(=O)Oc1cc(N=C2SCC3CCCN23)c(F)cc1Cl. The fourth-order valence-electron chi connectivity index (χ4n) is 2.54. The van der Waals surface area contributed by atoms with Gasteiger partial charge in [0.05, 0.1) is 11.3 Å². The highest BCUT2D eigenvalue weighted by Crippen LogP contribution is 2.37. The molecule has 0 aromatic heterocycles. The molecule has 1 atom stereocenters. The molecule has 1 aromatic rings. The van der Waals surface area contributed by atoms with Crippen LogP contribution >= 0.6 is 23.4 Å². The van der Waals surface area contributed by atoms with Crippen LogP contribution in [0.3, 0.4) is 0 Å². The average molecular weight is 365 g/mol. The summed E-state index contributed by atoms with van der Waals surface area (Å²) in [5.74, 6) is 0.216. The topological polar surface area (TPSA) is 59.0 Å². The second-order valence-corrected chi connectivity index (χ2v) is 8.19. The first-order valence-electron chi connectivity index (χ1n) is 6.70. The van der Waals surface area contributed by atoms with Gasteiger partial charge in [-0.15, -0.1) is 0 Å². The van der Waals surface area contributed by atoms with E-state index in [0.29, 0.717) is 6.04 Å². The third-order valence-electron chi connectivity index (χ3n) is 3.49. The highest BCUT2D eigenvalue weighted by molar-refractivity contribution is 8.14. The summed E-state index contributed by atoms with van der Waals surface area (Å²) < 4.78 is 41.2. The summed E-state index contributed by atoms with van der Waals surface area (Å²) in [5.41, 5.74) is 0.0260. The number of hydrogen-bond acceptors (Lipinski definition) is 5. The molecule has 120 valence electrons. The number of aliphatic imine (C=N–C) groups is 1. The number of fused-ring (bicyclic) bond motifs is 1. The molecule has 1 aromatic carbocycles. The maximum atomic E-state index is 14.0. The van der Waals surface area contributed by atoms with E-state index in [9.17, 15) is 12.8 Å². The van der Waals surface area contributed by atoms with Gasteiger partial charge in [0.1, 0.15) is 5.69 Å². The Bertz CT molecular complexity index is 739. The Labute approximate surface area is 137 Å². The van der Waals surface area contributed by atoms with Crippen molar-refractivity contribution < 1.29 is 17.0 Å². The van der Waals surface area contributed by atoms with E-state index in [1.165, 1.54) is 6.07 Å². The van der Waals surface area contributed by atoms with Crippen molar-refractivity contribution in [3.8, 4) is 5.75 Å². The second kappa shape index (κ2) is 5.90. The van der Waals surface area contributed by atoms with Gasteiger partial charge in [0.15, 0.2) is 16.7 Å². The van der Waals surface area contributed by atoms with Gasteiger partial charge in [-0.25, -0.2) is 9.38 Å². The number of hydrogen-bond donors (Lipinski definition) is 0. The molecule has 2 aliphatic rings. The van der Waals surface area contributed by atoms with Gasteiger partial charge < -0.3 is 9.08 Å². The molecule has 2 aliphatic heterocycles. The number of rotatable bonds is 3. The van der Waals surface area contributed by atoms with Crippen molar-refractivity contribution >= 4 is 44.3 Å². The molecule has 5 nitrogen and oxygen atoms in total. The van der Waals surface area contributed by atoms with E-state index in [2.05, 4.69) is 9.89 Å². The first-order chi connectivity index (χ1) is 10.3. The van der Waals surface area contributed by atoms with Gasteiger partial charge in [-0.3, -0.25) is 0 Å². The fraction of sp³-hybridized carbons (Fsp3) is 0.462. The van der Waals surface area contributed by atoms with Crippen LogP contribution in [0, 0.1) is 5.82 Å². The molecule has 2 saturated heterocycles. The summed E-state index contributed by atoms with van der Waals surface area (Å²) in [6.45, 7) is 0.915. The quantitative estimate of drug-likeness (QED) is 0.771. The maximum Gasteiger partial charge on any atom is 0.306 e. The lowest BCUT2D eigenvalue weighted by atomic mass is 10.2. The van der Waals surface area contributed by atoms with E-state index in [4.69, 9.17) is 15.8 Å². The molecule has 0 spiro atoms. The van der Waals surface area contributed by atoms with Gasteiger partial charge in [0.25, 0.3) is 0 Å². The van der Waals surface area contributed by atoms with Crippen molar-refractivity contribution in [1.29, 1.82) is 0 Å². The number of amidine groups is 1. The normalized spacial score (nSPS) is 23.1. The lowest BCUT2D eigenvalue weighted by Crippen LogP contribution is -2.27. The van der Waals surface area contributed by atoms with E-state index in [-0.39, 0.29) is 16.5 Å². The summed E-state index contributed by atoms with van der Waals surface area (Å²) >= 11 is 7.40. The zero-order chi connectivity index (χ0) is 15.9. The fourth-order valence-corrected chi connectivity index (χ4v) is 4.50. The largest absolute Gasteiger partial charge is 0.381 e. The minimum absolute atomic E-state index is 0.0260.